The molecule has 0 amide bonds. The van der Waals surface area contributed by atoms with Gasteiger partial charge in [-0.2, -0.15) is 0 Å². The quantitative estimate of drug-likeness (QED) is 0.614. The molecule has 1 N–H and O–H groups in total. The maximum atomic E-state index is 13.3. The van der Waals surface area contributed by atoms with Crippen LogP contribution in [0.5, 0.6) is 0 Å². The van der Waals surface area contributed by atoms with E-state index in [0.29, 0.717) is 15.4 Å². The van der Waals surface area contributed by atoms with Gasteiger partial charge in [-0.25, -0.2) is 17.5 Å². The molecule has 0 atom stereocenters. The number of nitrogens with one attached hydrogen (secondary N) is 1. The fourth-order valence-electron chi connectivity index (χ4n) is 0.944. The Morgan fingerprint density at radius 1 is 1.47 bits per heavy atom. The second-order valence-corrected chi connectivity index (χ2v) is 6.39. The number of sulfonamides is 1. The summed E-state index contributed by atoms with van der Waals surface area (Å²) >= 11 is 5.09. The Bertz CT molecular complexity index is 452. The largest absolute Gasteiger partial charge is 0.243 e. The highest BCUT2D eigenvalue weighted by Crippen LogP contribution is 2.18. The van der Waals surface area contributed by atoms with Crippen LogP contribution < -0.4 is 4.72 Å². The molecule has 84 valence electrons. The second kappa shape index (κ2) is 5.55. The lowest BCUT2D eigenvalue weighted by atomic mass is 10.3. The average molecular weight is 408 g/mol. The molecule has 0 heterocycles. The Hall–Kier alpha value is 0.270. The fraction of sp³-hybridized carbons (Fsp3) is 0.250. The summed E-state index contributed by atoms with van der Waals surface area (Å²) < 4.78 is 39.9. The van der Waals surface area contributed by atoms with Crippen LogP contribution in [0.3, 0.4) is 0 Å². The molecular formula is C8H8BrFINO2S. The van der Waals surface area contributed by atoms with Crippen LogP contribution in [0.1, 0.15) is 0 Å². The first-order chi connectivity index (χ1) is 6.97. The molecule has 0 unspecified atom stereocenters. The number of benzene rings is 1. The van der Waals surface area contributed by atoms with Crippen molar-refractivity contribution < 1.29 is 12.8 Å². The molecule has 1 aromatic rings. The normalized spacial score (nSPS) is 11.7. The zero-order chi connectivity index (χ0) is 11.5. The third-order valence-corrected chi connectivity index (χ3v) is 4.10. The third-order valence-electron chi connectivity index (χ3n) is 1.57. The molecule has 0 aliphatic heterocycles. The average Bonchev–Trinajstić information content (AvgIpc) is 2.14. The van der Waals surface area contributed by atoms with Crippen molar-refractivity contribution in [1.82, 2.24) is 4.72 Å². The molecule has 0 aromatic heterocycles. The molecule has 0 radical (unpaired) electrons. The molecule has 3 nitrogen and oxygen atoms in total. The Morgan fingerprint density at radius 2 is 2.13 bits per heavy atom. The van der Waals surface area contributed by atoms with Crippen LogP contribution in [-0.4, -0.2) is 19.4 Å². The van der Waals surface area contributed by atoms with Crippen molar-refractivity contribution in [3.8, 4) is 0 Å². The van der Waals surface area contributed by atoms with Gasteiger partial charge in [0.15, 0.2) is 0 Å². The van der Waals surface area contributed by atoms with Crippen LogP contribution >= 0.6 is 38.5 Å². The zero-order valence-corrected chi connectivity index (χ0v) is 12.1. The summed E-state index contributed by atoms with van der Waals surface area (Å²) in [7, 11) is -3.72. The predicted molar refractivity (Wildman–Crippen MR) is 68.2 cm³/mol. The lowest BCUT2D eigenvalue weighted by Gasteiger charge is -2.06. The van der Waals surface area contributed by atoms with E-state index in [1.54, 1.807) is 0 Å². The van der Waals surface area contributed by atoms with Gasteiger partial charge in [0.05, 0.1) is 0 Å². The highest BCUT2D eigenvalue weighted by molar-refractivity contribution is 14.1. The molecular weight excluding hydrogens is 400 g/mol. The van der Waals surface area contributed by atoms with E-state index >= 15 is 0 Å². The molecule has 0 fully saturated rings. The fourth-order valence-corrected chi connectivity index (χ4v) is 3.00. The molecule has 0 spiro atoms. The van der Waals surface area contributed by atoms with Crippen LogP contribution in [-0.2, 0) is 10.0 Å². The van der Waals surface area contributed by atoms with Crippen LogP contribution in [0.25, 0.3) is 0 Å². The SMILES string of the molecule is O=S(=O)(NCCI)c1ccc(Br)cc1F. The summed E-state index contributed by atoms with van der Waals surface area (Å²) in [6.07, 6.45) is 0. The lowest BCUT2D eigenvalue weighted by Crippen LogP contribution is -2.26. The van der Waals surface area contributed by atoms with Gasteiger partial charge in [-0.1, -0.05) is 38.5 Å². The second-order valence-electron chi connectivity index (χ2n) is 2.66. The molecule has 1 rings (SSSR count). The summed E-state index contributed by atoms with van der Waals surface area (Å²) in [6, 6.07) is 3.84. The van der Waals surface area contributed by atoms with Gasteiger partial charge in [0, 0.05) is 15.4 Å². The van der Waals surface area contributed by atoms with E-state index in [4.69, 9.17) is 0 Å². The van der Waals surface area contributed by atoms with Crippen LogP contribution in [0.2, 0.25) is 0 Å². The molecule has 7 heteroatoms. The maximum Gasteiger partial charge on any atom is 0.243 e. The van der Waals surface area contributed by atoms with E-state index in [0.717, 1.165) is 6.07 Å². The van der Waals surface area contributed by atoms with Crippen molar-refractivity contribution in [3.63, 3.8) is 0 Å². The molecule has 1 aromatic carbocycles. The van der Waals surface area contributed by atoms with Gasteiger partial charge in [-0.15, -0.1) is 0 Å². The predicted octanol–water partition coefficient (Wildman–Crippen LogP) is 2.30. The minimum Gasteiger partial charge on any atom is -0.210 e. The summed E-state index contributed by atoms with van der Waals surface area (Å²) in [5.74, 6) is -0.759. The Labute approximate surface area is 110 Å². The van der Waals surface area contributed by atoms with Gasteiger partial charge in [0.25, 0.3) is 0 Å². The van der Waals surface area contributed by atoms with Gasteiger partial charge in [-0.3, -0.25) is 0 Å². The highest BCUT2D eigenvalue weighted by atomic mass is 127. The van der Waals surface area contributed by atoms with Crippen molar-refractivity contribution in [1.29, 1.82) is 0 Å². The van der Waals surface area contributed by atoms with Crippen LogP contribution in [0.15, 0.2) is 27.6 Å². The zero-order valence-electron chi connectivity index (χ0n) is 7.50. The summed E-state index contributed by atoms with van der Waals surface area (Å²) in [5.41, 5.74) is 0. The van der Waals surface area contributed by atoms with Crippen molar-refractivity contribution in [2.45, 2.75) is 4.90 Å². The lowest BCUT2D eigenvalue weighted by molar-refractivity contribution is 0.558. The van der Waals surface area contributed by atoms with E-state index in [1.807, 2.05) is 22.6 Å². The third kappa shape index (κ3) is 3.65. The maximum absolute atomic E-state index is 13.3. The smallest absolute Gasteiger partial charge is 0.210 e. The van der Waals surface area contributed by atoms with E-state index < -0.39 is 15.8 Å². The van der Waals surface area contributed by atoms with Gasteiger partial charge >= 0.3 is 0 Å². The standard InChI is InChI=1S/C8H8BrFINO2S/c9-6-1-2-8(7(10)5-6)15(13,14)12-4-3-11/h1-2,5,12H,3-4H2. The van der Waals surface area contributed by atoms with Gasteiger partial charge in [0.1, 0.15) is 10.7 Å². The van der Waals surface area contributed by atoms with Gasteiger partial charge < -0.3 is 0 Å². The monoisotopic (exact) mass is 407 g/mol. The number of hydrogen-bond donors (Lipinski definition) is 1. The molecule has 0 saturated carbocycles. The topological polar surface area (TPSA) is 46.2 Å². The van der Waals surface area contributed by atoms with Gasteiger partial charge in [-0.05, 0) is 18.2 Å². The highest BCUT2D eigenvalue weighted by Gasteiger charge is 2.17. The summed E-state index contributed by atoms with van der Waals surface area (Å²) in [5, 5.41) is 0. The van der Waals surface area contributed by atoms with Crippen LogP contribution in [0, 0.1) is 5.82 Å². The number of alkyl halides is 1. The molecule has 15 heavy (non-hydrogen) atoms. The van der Waals surface area contributed by atoms with E-state index in [2.05, 4.69) is 20.7 Å². The minimum absolute atomic E-state index is 0.290. The van der Waals surface area contributed by atoms with Crippen molar-refractivity contribution >= 4 is 48.5 Å². The van der Waals surface area contributed by atoms with Crippen molar-refractivity contribution in [2.75, 3.05) is 11.0 Å². The number of halogens is 3. The number of rotatable bonds is 4. The number of hydrogen-bond acceptors (Lipinski definition) is 2. The first-order valence-electron chi connectivity index (χ1n) is 3.98. The Kier molecular flexibility index (Phi) is 4.94. The minimum atomic E-state index is -3.72. The Morgan fingerprint density at radius 3 is 2.67 bits per heavy atom. The molecule has 0 saturated heterocycles. The summed E-state index contributed by atoms with van der Waals surface area (Å²) in [4.78, 5) is -0.324. The Balaban J connectivity index is 3.05. The van der Waals surface area contributed by atoms with Crippen LogP contribution in [0.4, 0.5) is 4.39 Å². The van der Waals surface area contributed by atoms with E-state index in [1.165, 1.54) is 12.1 Å². The summed E-state index contributed by atoms with van der Waals surface area (Å²) in [6.45, 7) is 0.290. The van der Waals surface area contributed by atoms with E-state index in [-0.39, 0.29) is 4.90 Å². The first-order valence-corrected chi connectivity index (χ1v) is 7.78. The van der Waals surface area contributed by atoms with Crippen molar-refractivity contribution in [2.24, 2.45) is 0 Å². The first kappa shape index (κ1) is 13.3. The van der Waals surface area contributed by atoms with Crippen molar-refractivity contribution in [3.05, 3.63) is 28.5 Å². The molecule has 0 bridgehead atoms. The molecule has 0 aliphatic rings. The molecule has 0 aliphatic carbocycles. The van der Waals surface area contributed by atoms with Gasteiger partial charge in [0.2, 0.25) is 10.0 Å². The van der Waals surface area contributed by atoms with E-state index in [9.17, 15) is 12.8 Å².